The molecule has 0 unspecified atom stereocenters. The van der Waals surface area contributed by atoms with Gasteiger partial charge in [-0.15, -0.1) is 0 Å². The number of amides is 1. The molecule has 4 aliphatic heterocycles. The monoisotopic (exact) mass is 498 g/mol. The van der Waals surface area contributed by atoms with Gasteiger partial charge in [-0.05, 0) is 30.0 Å². The molecule has 0 radical (unpaired) electrons. The summed E-state index contributed by atoms with van der Waals surface area (Å²) in [7, 11) is 0.362. The van der Waals surface area contributed by atoms with Crippen LogP contribution >= 0.6 is 0 Å². The van der Waals surface area contributed by atoms with Crippen LogP contribution in [0.1, 0.15) is 25.0 Å². The van der Waals surface area contributed by atoms with Crippen LogP contribution < -0.4 is 4.31 Å². The maximum absolute atomic E-state index is 13.7. The van der Waals surface area contributed by atoms with Crippen LogP contribution in [0.4, 0.5) is 5.69 Å². The molecule has 184 valence electrons. The minimum Gasteiger partial charge on any atom is -0.477 e. The fraction of sp³-hybridized carbons (Fsp3) is 0.440. The van der Waals surface area contributed by atoms with Gasteiger partial charge < -0.3 is 19.6 Å². The first-order valence-corrected chi connectivity index (χ1v) is 13.2. The van der Waals surface area contributed by atoms with Crippen molar-refractivity contribution in [2.45, 2.75) is 44.0 Å². The molecule has 2 aromatic carbocycles. The third-order valence-corrected chi connectivity index (χ3v) is 9.96. The molecule has 0 spiro atoms. The number of carbonyl (C=O) groups excluding carboxylic acids is 1. The van der Waals surface area contributed by atoms with E-state index in [1.807, 2.05) is 12.1 Å². The number of hydrogen-bond acceptors (Lipinski definition) is 5. The second kappa shape index (κ2) is 6.83. The van der Waals surface area contributed by atoms with Crippen LogP contribution in [0.5, 0.6) is 0 Å². The van der Waals surface area contributed by atoms with Gasteiger partial charge in [0.1, 0.15) is 18.8 Å². The number of anilines is 1. The predicted molar refractivity (Wildman–Crippen MR) is 128 cm³/mol. The first-order chi connectivity index (χ1) is 16.3. The average Bonchev–Trinajstić information content (AvgIpc) is 3.28. The van der Waals surface area contributed by atoms with E-state index in [4.69, 9.17) is 0 Å². The molecule has 0 aliphatic carbocycles. The Kier molecular flexibility index (Phi) is 4.40. The number of rotatable bonds is 4. The van der Waals surface area contributed by atoms with Gasteiger partial charge in [0.05, 0.1) is 49.3 Å². The van der Waals surface area contributed by atoms with Crippen molar-refractivity contribution in [3.05, 3.63) is 46.7 Å². The second-order valence-corrected chi connectivity index (χ2v) is 12.7. The number of β-lactam (4-membered cyclic amide) rings is 1. The summed E-state index contributed by atoms with van der Waals surface area (Å²) in [5.41, 5.74) is 3.04. The molecule has 4 heterocycles. The highest BCUT2D eigenvalue weighted by molar-refractivity contribution is 7.93. The molecule has 1 amide bonds. The van der Waals surface area contributed by atoms with E-state index in [-0.39, 0.29) is 17.1 Å². The van der Waals surface area contributed by atoms with Crippen LogP contribution in [0.3, 0.4) is 0 Å². The maximum Gasteiger partial charge on any atom is 0.352 e. The fourth-order valence-corrected chi connectivity index (χ4v) is 8.33. The number of hydrogen-bond donors (Lipinski definition) is 2. The van der Waals surface area contributed by atoms with Crippen LogP contribution in [0.15, 0.2) is 40.4 Å². The highest BCUT2D eigenvalue weighted by Gasteiger charge is 2.60. The Morgan fingerprint density at radius 3 is 2.63 bits per heavy atom. The lowest BCUT2D eigenvalue weighted by Gasteiger charge is -2.46. The molecule has 0 bridgehead atoms. The number of carboxylic acid groups (broad SMARTS) is 1. The number of carbonyl (C=O) groups is 2. The van der Waals surface area contributed by atoms with Crippen molar-refractivity contribution in [1.82, 2.24) is 4.90 Å². The summed E-state index contributed by atoms with van der Waals surface area (Å²) in [5.74, 6) is -2.80. The van der Waals surface area contributed by atoms with Gasteiger partial charge in [0, 0.05) is 22.4 Å². The average molecular weight is 499 g/mol. The molecule has 35 heavy (non-hydrogen) atoms. The molecule has 2 N–H and O–H groups in total. The number of aliphatic hydroxyl groups excluding tert-OH is 1. The van der Waals surface area contributed by atoms with E-state index >= 15 is 0 Å². The summed E-state index contributed by atoms with van der Waals surface area (Å²) < 4.78 is 29.6. The van der Waals surface area contributed by atoms with E-state index in [9.17, 15) is 28.2 Å². The van der Waals surface area contributed by atoms with E-state index in [1.165, 1.54) is 16.1 Å². The predicted octanol–water partition coefficient (Wildman–Crippen LogP) is 1.63. The zero-order valence-electron chi connectivity index (χ0n) is 20.0. The van der Waals surface area contributed by atoms with Gasteiger partial charge in [0.15, 0.2) is 0 Å². The quantitative estimate of drug-likeness (QED) is 0.489. The van der Waals surface area contributed by atoms with Crippen molar-refractivity contribution >= 4 is 38.4 Å². The van der Waals surface area contributed by atoms with E-state index in [0.717, 1.165) is 34.1 Å². The lowest BCUT2D eigenvalue weighted by molar-refractivity contribution is -0.909. The minimum atomic E-state index is -3.91. The van der Waals surface area contributed by atoms with Gasteiger partial charge in [-0.3, -0.25) is 9.10 Å². The lowest BCUT2D eigenvalue weighted by atomic mass is 9.78. The van der Waals surface area contributed by atoms with Crippen molar-refractivity contribution in [2.75, 3.05) is 24.9 Å². The largest absolute Gasteiger partial charge is 0.477 e. The van der Waals surface area contributed by atoms with Crippen molar-refractivity contribution in [3.63, 3.8) is 0 Å². The minimum absolute atomic E-state index is 0.154. The number of quaternary nitrogens is 1. The summed E-state index contributed by atoms with van der Waals surface area (Å²) in [5, 5.41) is 21.7. The molecule has 2 aromatic rings. The molecule has 0 saturated carbocycles. The molecule has 1 fully saturated rings. The Bertz CT molecular complexity index is 1490. The fourth-order valence-electron chi connectivity index (χ4n) is 6.66. The number of fused-ring (bicyclic) bond motifs is 3. The highest BCUT2D eigenvalue weighted by Crippen LogP contribution is 2.51. The van der Waals surface area contributed by atoms with Gasteiger partial charge in [-0.2, -0.15) is 0 Å². The normalized spacial score (nSPS) is 28.4. The number of carboxylic acids is 1. The number of sulfonamides is 1. The van der Waals surface area contributed by atoms with Crippen molar-refractivity contribution in [2.24, 2.45) is 11.8 Å². The Morgan fingerprint density at radius 1 is 1.26 bits per heavy atom. The SMILES string of the molecule is C[C@@H](O)[C@H]1C(=O)N2C(C(=O)O)=C(CN3c4cc5c(c6cccc(c46)S3(=O)=O)C[N+](C)(C)C5)[C@H](C)[C@H]12. The number of nitrogens with zero attached hydrogens (tertiary/aromatic N) is 3. The van der Waals surface area contributed by atoms with Gasteiger partial charge in [-0.1, -0.05) is 19.1 Å². The molecular formula is C25H28N3O6S+. The number of benzene rings is 2. The third-order valence-electron chi connectivity index (χ3n) is 8.16. The third kappa shape index (κ3) is 2.78. The standard InChI is InChI=1S/C25H27N3O6S/c1-12-16(23(25(31)32)27-22(12)20(13(2)29)24(27)30)9-26-18-8-14-10-28(3,4)11-17(14)15-6-5-7-19(21(15)18)35(26,33)34/h5-8,12-13,20,22,29H,9-11H2,1-4H3/p+1/t12-,13+,20+,22+/m0/s1. The van der Waals surface area contributed by atoms with E-state index in [2.05, 4.69) is 14.1 Å². The van der Waals surface area contributed by atoms with Crippen LogP contribution in [0.25, 0.3) is 10.8 Å². The molecular weight excluding hydrogens is 470 g/mol. The summed E-state index contributed by atoms with van der Waals surface area (Å²) in [6.45, 7) is 4.75. The molecule has 4 atom stereocenters. The molecule has 1 saturated heterocycles. The molecule has 0 aromatic heterocycles. The first-order valence-electron chi connectivity index (χ1n) is 11.7. The number of aliphatic carboxylic acids is 1. The van der Waals surface area contributed by atoms with Crippen LogP contribution in [0.2, 0.25) is 0 Å². The highest BCUT2D eigenvalue weighted by atomic mass is 32.2. The number of aliphatic hydroxyl groups is 1. The van der Waals surface area contributed by atoms with E-state index in [1.54, 1.807) is 19.1 Å². The van der Waals surface area contributed by atoms with Crippen molar-refractivity contribution < 1.29 is 32.7 Å². The van der Waals surface area contributed by atoms with Gasteiger partial charge >= 0.3 is 5.97 Å². The molecule has 9 nitrogen and oxygen atoms in total. The van der Waals surface area contributed by atoms with Crippen LogP contribution in [-0.2, 0) is 32.7 Å². The lowest BCUT2D eigenvalue weighted by Crippen LogP contribution is -2.63. The summed E-state index contributed by atoms with van der Waals surface area (Å²) >= 11 is 0. The van der Waals surface area contributed by atoms with E-state index < -0.39 is 45.9 Å². The van der Waals surface area contributed by atoms with Gasteiger partial charge in [0.25, 0.3) is 10.0 Å². The zero-order chi connectivity index (χ0) is 25.2. The maximum atomic E-state index is 13.7. The van der Waals surface area contributed by atoms with Gasteiger partial charge in [0.2, 0.25) is 5.91 Å². The smallest absolute Gasteiger partial charge is 0.352 e. The Hall–Kier alpha value is -2.95. The van der Waals surface area contributed by atoms with Crippen LogP contribution in [-0.4, -0.2) is 72.7 Å². The molecule has 4 aliphatic rings. The summed E-state index contributed by atoms with van der Waals surface area (Å²) in [6, 6.07) is 6.78. The summed E-state index contributed by atoms with van der Waals surface area (Å²) in [4.78, 5) is 26.4. The van der Waals surface area contributed by atoms with Crippen LogP contribution in [0, 0.1) is 11.8 Å². The topological polar surface area (TPSA) is 115 Å². The Labute approximate surface area is 203 Å². The van der Waals surface area contributed by atoms with Gasteiger partial charge in [-0.25, -0.2) is 13.2 Å². The first kappa shape index (κ1) is 22.5. The van der Waals surface area contributed by atoms with Crippen molar-refractivity contribution in [1.29, 1.82) is 0 Å². The molecule has 10 heteroatoms. The Morgan fingerprint density at radius 2 is 1.97 bits per heavy atom. The zero-order valence-corrected chi connectivity index (χ0v) is 20.8. The molecule has 6 rings (SSSR count). The van der Waals surface area contributed by atoms with Crippen molar-refractivity contribution in [3.8, 4) is 0 Å². The second-order valence-electron chi connectivity index (χ2n) is 10.9. The summed E-state index contributed by atoms with van der Waals surface area (Å²) in [6.07, 6.45) is -0.918. The van der Waals surface area contributed by atoms with E-state index in [0.29, 0.717) is 16.6 Å². The Balaban J connectivity index is 1.50.